The molecule has 1 aliphatic rings. The molecule has 0 saturated heterocycles. The maximum atomic E-state index is 10.1. The minimum Gasteiger partial charge on any atom is -0.390 e. The van der Waals surface area contributed by atoms with E-state index in [4.69, 9.17) is 0 Å². The molecular weight excluding hydrogens is 234 g/mol. The molecule has 0 aromatic heterocycles. The zero-order valence-electron chi connectivity index (χ0n) is 12.5. The summed E-state index contributed by atoms with van der Waals surface area (Å²) in [4.78, 5) is 2.47. The Bertz CT molecular complexity index is 374. The molecule has 0 amide bonds. The average molecular weight is 261 g/mol. The summed E-state index contributed by atoms with van der Waals surface area (Å²) in [5, 5.41) is 10.1. The lowest BCUT2D eigenvalue weighted by Gasteiger charge is -2.39. The van der Waals surface area contributed by atoms with Gasteiger partial charge < -0.3 is 5.11 Å². The van der Waals surface area contributed by atoms with Crippen molar-refractivity contribution in [1.29, 1.82) is 0 Å². The zero-order valence-corrected chi connectivity index (χ0v) is 12.5. The van der Waals surface area contributed by atoms with Crippen molar-refractivity contribution >= 4 is 0 Å². The van der Waals surface area contributed by atoms with Crippen molar-refractivity contribution < 1.29 is 5.11 Å². The lowest BCUT2D eigenvalue weighted by molar-refractivity contribution is -0.0108. The summed E-state index contributed by atoms with van der Waals surface area (Å²) in [5.74, 6) is 0.467. The van der Waals surface area contributed by atoms with Crippen molar-refractivity contribution in [3.8, 4) is 0 Å². The van der Waals surface area contributed by atoms with Crippen LogP contribution in [0.15, 0.2) is 30.3 Å². The minimum absolute atomic E-state index is 0.467. The van der Waals surface area contributed by atoms with Gasteiger partial charge in [0.15, 0.2) is 0 Å². The standard InChI is InChI=1S/C17H27NO/c1-17(2,19)15-9-11-16(12-10-15)18(3)13-14-7-5-4-6-8-14/h4-8,15-16,19H,9-13H2,1-3H3. The van der Waals surface area contributed by atoms with E-state index in [-0.39, 0.29) is 0 Å². The van der Waals surface area contributed by atoms with Crippen molar-refractivity contribution in [3.05, 3.63) is 35.9 Å². The third-order valence-electron chi connectivity index (χ3n) is 4.59. The molecule has 0 unspecified atom stereocenters. The second-order valence-corrected chi connectivity index (χ2v) is 6.56. The fraction of sp³-hybridized carbons (Fsp3) is 0.647. The topological polar surface area (TPSA) is 23.5 Å². The van der Waals surface area contributed by atoms with Gasteiger partial charge in [-0.05, 0) is 58.1 Å². The van der Waals surface area contributed by atoms with Crippen molar-refractivity contribution in [2.75, 3.05) is 7.05 Å². The fourth-order valence-corrected chi connectivity index (χ4v) is 3.22. The summed E-state index contributed by atoms with van der Waals surface area (Å²) in [7, 11) is 2.22. The van der Waals surface area contributed by atoms with Crippen molar-refractivity contribution in [2.45, 2.75) is 57.7 Å². The van der Waals surface area contributed by atoms with E-state index in [1.807, 2.05) is 13.8 Å². The Hall–Kier alpha value is -0.860. The smallest absolute Gasteiger partial charge is 0.0619 e. The number of hydrogen-bond acceptors (Lipinski definition) is 2. The van der Waals surface area contributed by atoms with Crippen LogP contribution < -0.4 is 0 Å². The van der Waals surface area contributed by atoms with E-state index in [0.29, 0.717) is 12.0 Å². The molecule has 2 nitrogen and oxygen atoms in total. The fourth-order valence-electron chi connectivity index (χ4n) is 3.22. The average Bonchev–Trinajstić information content (AvgIpc) is 2.39. The summed E-state index contributed by atoms with van der Waals surface area (Å²) in [6.45, 7) is 4.93. The summed E-state index contributed by atoms with van der Waals surface area (Å²) in [6.07, 6.45) is 4.70. The van der Waals surface area contributed by atoms with Crippen molar-refractivity contribution in [2.24, 2.45) is 5.92 Å². The molecule has 1 aromatic carbocycles. The second kappa shape index (κ2) is 6.06. The Morgan fingerprint density at radius 1 is 1.11 bits per heavy atom. The molecule has 0 spiro atoms. The van der Waals surface area contributed by atoms with E-state index < -0.39 is 5.60 Å². The van der Waals surface area contributed by atoms with E-state index >= 15 is 0 Å². The van der Waals surface area contributed by atoms with Gasteiger partial charge >= 0.3 is 0 Å². The molecular formula is C17H27NO. The molecule has 0 heterocycles. The number of nitrogens with zero attached hydrogens (tertiary/aromatic N) is 1. The minimum atomic E-state index is -0.511. The van der Waals surface area contributed by atoms with Crippen molar-refractivity contribution in [1.82, 2.24) is 4.90 Å². The number of aliphatic hydroxyl groups is 1. The first kappa shape index (κ1) is 14.5. The van der Waals surface area contributed by atoms with Gasteiger partial charge in [0.2, 0.25) is 0 Å². The zero-order chi connectivity index (χ0) is 13.9. The van der Waals surface area contributed by atoms with E-state index in [2.05, 4.69) is 42.3 Å². The monoisotopic (exact) mass is 261 g/mol. The molecule has 1 aliphatic carbocycles. The van der Waals surface area contributed by atoms with Gasteiger partial charge in [-0.15, -0.1) is 0 Å². The third-order valence-corrected chi connectivity index (χ3v) is 4.59. The first-order chi connectivity index (χ1) is 8.97. The molecule has 0 radical (unpaired) electrons. The Labute approximate surface area is 117 Å². The Balaban J connectivity index is 1.84. The normalized spacial score (nSPS) is 24.7. The Morgan fingerprint density at radius 2 is 1.68 bits per heavy atom. The molecule has 1 aromatic rings. The summed E-state index contributed by atoms with van der Waals surface area (Å²) in [5.41, 5.74) is 0.873. The molecule has 1 N–H and O–H groups in total. The van der Waals surface area contributed by atoms with Crippen LogP contribution >= 0.6 is 0 Å². The highest BCUT2D eigenvalue weighted by Crippen LogP contribution is 2.34. The quantitative estimate of drug-likeness (QED) is 0.897. The van der Waals surface area contributed by atoms with Crippen LogP contribution in [0.2, 0.25) is 0 Å². The largest absolute Gasteiger partial charge is 0.390 e. The second-order valence-electron chi connectivity index (χ2n) is 6.56. The van der Waals surface area contributed by atoms with Crippen LogP contribution in [0.5, 0.6) is 0 Å². The van der Waals surface area contributed by atoms with E-state index in [9.17, 15) is 5.11 Å². The van der Waals surface area contributed by atoms with Crippen LogP contribution in [0, 0.1) is 5.92 Å². The molecule has 19 heavy (non-hydrogen) atoms. The van der Waals surface area contributed by atoms with Crippen LogP contribution in [0.1, 0.15) is 45.1 Å². The number of hydrogen-bond donors (Lipinski definition) is 1. The van der Waals surface area contributed by atoms with E-state index in [1.54, 1.807) is 0 Å². The van der Waals surface area contributed by atoms with Gasteiger partial charge in [0.1, 0.15) is 0 Å². The first-order valence-corrected chi connectivity index (χ1v) is 7.43. The van der Waals surface area contributed by atoms with Gasteiger partial charge in [-0.2, -0.15) is 0 Å². The molecule has 106 valence electrons. The maximum absolute atomic E-state index is 10.1. The first-order valence-electron chi connectivity index (χ1n) is 7.43. The van der Waals surface area contributed by atoms with Gasteiger partial charge in [0.05, 0.1) is 5.60 Å². The van der Waals surface area contributed by atoms with Gasteiger partial charge in [-0.3, -0.25) is 4.90 Å². The highest BCUT2D eigenvalue weighted by atomic mass is 16.3. The summed E-state index contributed by atoms with van der Waals surface area (Å²) >= 11 is 0. The highest BCUT2D eigenvalue weighted by molar-refractivity contribution is 5.14. The number of benzene rings is 1. The maximum Gasteiger partial charge on any atom is 0.0619 e. The molecule has 0 bridgehead atoms. The highest BCUT2D eigenvalue weighted by Gasteiger charge is 2.32. The summed E-state index contributed by atoms with van der Waals surface area (Å²) in [6, 6.07) is 11.3. The molecule has 0 aliphatic heterocycles. The van der Waals surface area contributed by atoms with Gasteiger partial charge in [0.25, 0.3) is 0 Å². The summed E-state index contributed by atoms with van der Waals surface area (Å²) < 4.78 is 0. The molecule has 2 rings (SSSR count). The SMILES string of the molecule is CN(Cc1ccccc1)C1CCC(C(C)(C)O)CC1. The van der Waals surface area contributed by atoms with Crippen LogP contribution in [-0.4, -0.2) is 28.7 Å². The Morgan fingerprint density at radius 3 is 2.21 bits per heavy atom. The third kappa shape index (κ3) is 4.05. The molecule has 1 saturated carbocycles. The van der Waals surface area contributed by atoms with Crippen LogP contribution in [0.4, 0.5) is 0 Å². The van der Waals surface area contributed by atoms with Gasteiger partial charge in [-0.25, -0.2) is 0 Å². The lowest BCUT2D eigenvalue weighted by Crippen LogP contribution is -2.40. The van der Waals surface area contributed by atoms with E-state index in [1.165, 1.54) is 18.4 Å². The molecule has 1 fully saturated rings. The van der Waals surface area contributed by atoms with Crippen molar-refractivity contribution in [3.63, 3.8) is 0 Å². The predicted octanol–water partition coefficient (Wildman–Crippen LogP) is 3.45. The van der Waals surface area contributed by atoms with E-state index in [0.717, 1.165) is 19.4 Å². The number of rotatable bonds is 4. The van der Waals surface area contributed by atoms with Crippen LogP contribution in [-0.2, 0) is 6.54 Å². The van der Waals surface area contributed by atoms with Crippen LogP contribution in [0.25, 0.3) is 0 Å². The Kier molecular flexibility index (Phi) is 4.64. The van der Waals surface area contributed by atoms with Gasteiger partial charge in [0, 0.05) is 12.6 Å². The molecule has 0 atom stereocenters. The molecule has 2 heteroatoms. The van der Waals surface area contributed by atoms with Gasteiger partial charge in [-0.1, -0.05) is 30.3 Å². The predicted molar refractivity (Wildman–Crippen MR) is 80.0 cm³/mol. The lowest BCUT2D eigenvalue weighted by atomic mass is 9.77. The van der Waals surface area contributed by atoms with Crippen LogP contribution in [0.3, 0.4) is 0 Å².